The number of nitrogens with one attached hydrogen (secondary N) is 2. The summed E-state index contributed by atoms with van der Waals surface area (Å²) in [5, 5.41) is 10.8. The second kappa shape index (κ2) is 8.90. The largest absolute Gasteiger partial charge is 0.497 e. The fourth-order valence-corrected chi connectivity index (χ4v) is 3.75. The number of ether oxygens (including phenoxy) is 2. The summed E-state index contributed by atoms with van der Waals surface area (Å²) in [5.41, 5.74) is 2.61. The van der Waals surface area contributed by atoms with Crippen LogP contribution in [0.4, 0.5) is 5.82 Å². The standard InChI is InChI=1S/C23H26N4O3/c1-29-19-11-17(12-20(13-19)30-2)23(28)24-18-9-6-10-27(15-18)22-14-21(25-26-22)16-7-4-3-5-8-16/h3-5,7-8,11-14,18H,6,9-10,15H2,1-2H3,(H,24,28)(H,25,26). The van der Waals surface area contributed by atoms with Crippen molar-refractivity contribution in [3.63, 3.8) is 0 Å². The molecule has 1 fully saturated rings. The van der Waals surface area contributed by atoms with Gasteiger partial charge in [0.2, 0.25) is 0 Å². The highest BCUT2D eigenvalue weighted by molar-refractivity contribution is 5.95. The van der Waals surface area contributed by atoms with E-state index in [0.29, 0.717) is 23.6 Å². The van der Waals surface area contributed by atoms with Gasteiger partial charge in [0, 0.05) is 36.8 Å². The molecule has 2 N–H and O–H groups in total. The zero-order chi connectivity index (χ0) is 20.9. The molecule has 7 heteroatoms. The van der Waals surface area contributed by atoms with Crippen molar-refractivity contribution in [1.82, 2.24) is 15.5 Å². The predicted octanol–water partition coefficient (Wildman–Crippen LogP) is 3.49. The van der Waals surface area contributed by atoms with Gasteiger partial charge in [-0.05, 0) is 30.5 Å². The molecule has 156 valence electrons. The maximum Gasteiger partial charge on any atom is 0.251 e. The number of nitrogens with zero attached hydrogens (tertiary/aromatic N) is 2. The van der Waals surface area contributed by atoms with Gasteiger partial charge in [-0.3, -0.25) is 9.89 Å². The van der Waals surface area contributed by atoms with Crippen molar-refractivity contribution in [3.05, 3.63) is 60.2 Å². The van der Waals surface area contributed by atoms with Crippen molar-refractivity contribution in [2.45, 2.75) is 18.9 Å². The van der Waals surface area contributed by atoms with Gasteiger partial charge in [0.15, 0.2) is 5.82 Å². The van der Waals surface area contributed by atoms with Crippen LogP contribution in [0.2, 0.25) is 0 Å². The van der Waals surface area contributed by atoms with Crippen LogP contribution < -0.4 is 19.7 Å². The first-order valence-electron chi connectivity index (χ1n) is 10.1. The Hall–Kier alpha value is -3.48. The van der Waals surface area contributed by atoms with Gasteiger partial charge in [0.1, 0.15) is 11.5 Å². The molecular formula is C23H26N4O3. The Bertz CT molecular complexity index is 980. The molecule has 0 radical (unpaired) electrons. The van der Waals surface area contributed by atoms with Crippen LogP contribution in [0.1, 0.15) is 23.2 Å². The lowest BCUT2D eigenvalue weighted by atomic mass is 10.0. The van der Waals surface area contributed by atoms with Crippen LogP contribution in [0.15, 0.2) is 54.6 Å². The average Bonchev–Trinajstić information content (AvgIpc) is 3.30. The molecule has 1 saturated heterocycles. The number of piperidine rings is 1. The first kappa shape index (κ1) is 19.8. The highest BCUT2D eigenvalue weighted by Gasteiger charge is 2.24. The highest BCUT2D eigenvalue weighted by atomic mass is 16.5. The number of carbonyl (C=O) groups is 1. The molecule has 2 aromatic carbocycles. The first-order chi connectivity index (χ1) is 14.7. The Morgan fingerprint density at radius 2 is 1.83 bits per heavy atom. The number of H-pyrrole nitrogens is 1. The van der Waals surface area contributed by atoms with Crippen molar-refractivity contribution in [1.29, 1.82) is 0 Å². The van der Waals surface area contributed by atoms with E-state index < -0.39 is 0 Å². The fourth-order valence-electron chi connectivity index (χ4n) is 3.75. The Kier molecular flexibility index (Phi) is 5.88. The van der Waals surface area contributed by atoms with E-state index in [0.717, 1.165) is 36.5 Å². The van der Waals surface area contributed by atoms with Crippen LogP contribution in [0.25, 0.3) is 11.3 Å². The number of carbonyl (C=O) groups excluding carboxylic acids is 1. The van der Waals surface area contributed by atoms with Crippen LogP contribution in [-0.2, 0) is 0 Å². The number of hydrogen-bond donors (Lipinski definition) is 2. The summed E-state index contributed by atoms with van der Waals surface area (Å²) in [4.78, 5) is 15.0. The number of aromatic nitrogens is 2. The molecule has 1 aliphatic heterocycles. The lowest BCUT2D eigenvalue weighted by Crippen LogP contribution is -2.48. The minimum Gasteiger partial charge on any atom is -0.497 e. The zero-order valence-electron chi connectivity index (χ0n) is 17.2. The summed E-state index contributed by atoms with van der Waals surface area (Å²) in [5.74, 6) is 1.95. The number of hydrogen-bond acceptors (Lipinski definition) is 5. The quantitative estimate of drug-likeness (QED) is 0.655. The van der Waals surface area contributed by atoms with E-state index in [1.165, 1.54) is 0 Å². The topological polar surface area (TPSA) is 79.5 Å². The molecule has 1 atom stereocenters. The van der Waals surface area contributed by atoms with Crippen LogP contribution in [0.3, 0.4) is 0 Å². The van der Waals surface area contributed by atoms with E-state index in [2.05, 4.69) is 38.6 Å². The highest BCUT2D eigenvalue weighted by Crippen LogP contribution is 2.25. The van der Waals surface area contributed by atoms with Gasteiger partial charge in [0.05, 0.1) is 19.9 Å². The summed E-state index contributed by atoms with van der Waals surface area (Å²) in [6, 6.07) is 17.4. The lowest BCUT2D eigenvalue weighted by Gasteiger charge is -2.33. The molecule has 4 rings (SSSR count). The summed E-state index contributed by atoms with van der Waals surface area (Å²) >= 11 is 0. The molecular weight excluding hydrogens is 380 g/mol. The molecule has 0 spiro atoms. The van der Waals surface area contributed by atoms with Crippen LogP contribution in [0.5, 0.6) is 11.5 Å². The van der Waals surface area contributed by atoms with Gasteiger partial charge in [-0.15, -0.1) is 0 Å². The monoisotopic (exact) mass is 406 g/mol. The van der Waals surface area contributed by atoms with E-state index in [1.54, 1.807) is 32.4 Å². The van der Waals surface area contributed by atoms with Gasteiger partial charge in [-0.1, -0.05) is 30.3 Å². The molecule has 1 aromatic heterocycles. The van der Waals surface area contributed by atoms with Gasteiger partial charge in [0.25, 0.3) is 5.91 Å². The van der Waals surface area contributed by atoms with Crippen molar-refractivity contribution in [3.8, 4) is 22.8 Å². The van der Waals surface area contributed by atoms with Crippen LogP contribution in [-0.4, -0.2) is 49.5 Å². The molecule has 0 aliphatic carbocycles. The van der Waals surface area contributed by atoms with Crippen molar-refractivity contribution in [2.24, 2.45) is 0 Å². The van der Waals surface area contributed by atoms with E-state index >= 15 is 0 Å². The third kappa shape index (κ3) is 4.40. The maximum absolute atomic E-state index is 12.8. The number of rotatable bonds is 6. The van der Waals surface area contributed by atoms with E-state index in [1.807, 2.05) is 18.2 Å². The third-order valence-electron chi connectivity index (χ3n) is 5.34. The van der Waals surface area contributed by atoms with Gasteiger partial charge >= 0.3 is 0 Å². The van der Waals surface area contributed by atoms with E-state index in [4.69, 9.17) is 9.47 Å². The van der Waals surface area contributed by atoms with Crippen molar-refractivity contribution >= 4 is 11.7 Å². The number of methoxy groups -OCH3 is 2. The number of amides is 1. The van der Waals surface area contributed by atoms with Crippen LogP contribution >= 0.6 is 0 Å². The lowest BCUT2D eigenvalue weighted by molar-refractivity contribution is 0.0932. The normalized spacial score (nSPS) is 16.2. The maximum atomic E-state index is 12.8. The molecule has 2 heterocycles. The summed E-state index contributed by atoms with van der Waals surface area (Å²) in [7, 11) is 3.14. The number of anilines is 1. The Morgan fingerprint density at radius 3 is 2.53 bits per heavy atom. The van der Waals surface area contributed by atoms with Gasteiger partial charge in [-0.2, -0.15) is 5.10 Å². The summed E-state index contributed by atoms with van der Waals surface area (Å²) in [6.45, 7) is 1.63. The smallest absolute Gasteiger partial charge is 0.251 e. The molecule has 0 bridgehead atoms. The Labute approximate surface area is 176 Å². The average molecular weight is 406 g/mol. The van der Waals surface area contributed by atoms with E-state index in [-0.39, 0.29) is 11.9 Å². The van der Waals surface area contributed by atoms with Crippen molar-refractivity contribution in [2.75, 3.05) is 32.2 Å². The molecule has 30 heavy (non-hydrogen) atoms. The molecule has 0 saturated carbocycles. The SMILES string of the molecule is COc1cc(OC)cc(C(=O)NC2CCCN(c3cc(-c4ccccc4)[nH]n3)C2)c1. The predicted molar refractivity (Wildman–Crippen MR) is 116 cm³/mol. The first-order valence-corrected chi connectivity index (χ1v) is 10.1. The minimum absolute atomic E-state index is 0.0420. The fraction of sp³-hybridized carbons (Fsp3) is 0.304. The molecule has 1 amide bonds. The zero-order valence-corrected chi connectivity index (χ0v) is 17.2. The number of benzene rings is 2. The Balaban J connectivity index is 1.43. The number of aromatic amines is 1. The summed E-state index contributed by atoms with van der Waals surface area (Å²) in [6.07, 6.45) is 1.92. The van der Waals surface area contributed by atoms with Gasteiger partial charge in [-0.25, -0.2) is 0 Å². The second-order valence-corrected chi connectivity index (χ2v) is 7.37. The molecule has 3 aromatic rings. The summed E-state index contributed by atoms with van der Waals surface area (Å²) < 4.78 is 10.5. The molecule has 1 unspecified atom stereocenters. The van der Waals surface area contributed by atoms with Gasteiger partial charge < -0.3 is 19.7 Å². The van der Waals surface area contributed by atoms with Crippen LogP contribution in [0, 0.1) is 0 Å². The Morgan fingerprint density at radius 1 is 1.10 bits per heavy atom. The van der Waals surface area contributed by atoms with Crippen molar-refractivity contribution < 1.29 is 14.3 Å². The molecule has 7 nitrogen and oxygen atoms in total. The third-order valence-corrected chi connectivity index (χ3v) is 5.34. The molecule has 1 aliphatic rings. The second-order valence-electron chi connectivity index (χ2n) is 7.37. The minimum atomic E-state index is -0.133. The van der Waals surface area contributed by atoms with E-state index in [9.17, 15) is 4.79 Å².